The zero-order valence-corrected chi connectivity index (χ0v) is 16.4. The van der Waals surface area contributed by atoms with E-state index in [4.69, 9.17) is 9.84 Å². The smallest absolute Gasteiger partial charge is 0.351 e. The lowest BCUT2D eigenvalue weighted by Crippen LogP contribution is -2.39. The highest BCUT2D eigenvalue weighted by Gasteiger charge is 2.20. The Labute approximate surface area is 168 Å². The number of rotatable bonds is 8. The first kappa shape index (κ1) is 20.3. The Morgan fingerprint density at radius 3 is 2.55 bits per heavy atom. The van der Waals surface area contributed by atoms with Crippen molar-refractivity contribution in [2.24, 2.45) is 0 Å². The third kappa shape index (κ3) is 4.72. The summed E-state index contributed by atoms with van der Waals surface area (Å²) in [5.74, 6) is 0.588. The van der Waals surface area contributed by atoms with Crippen LogP contribution in [0.1, 0.15) is 18.3 Å². The molecule has 0 saturated carbocycles. The number of carbonyl (C=O) groups excluding carboxylic acids is 1. The summed E-state index contributed by atoms with van der Waals surface area (Å²) in [5, 5.41) is 16.3. The molecular weight excluding hydrogens is 372 g/mol. The minimum atomic E-state index is -0.438. The topological polar surface area (TPSA) is 98.4 Å². The summed E-state index contributed by atoms with van der Waals surface area (Å²) in [6, 6.07) is 16.3. The Bertz CT molecular complexity index is 1030. The Hall–Kier alpha value is -3.39. The first-order valence-corrected chi connectivity index (χ1v) is 9.29. The molecular formula is C21H24N4O4. The van der Waals surface area contributed by atoms with Crippen molar-refractivity contribution >= 4 is 5.91 Å². The summed E-state index contributed by atoms with van der Waals surface area (Å²) in [6.07, 6.45) is 0.390. The van der Waals surface area contributed by atoms with E-state index in [0.717, 1.165) is 5.56 Å². The first-order valence-electron chi connectivity index (χ1n) is 9.29. The van der Waals surface area contributed by atoms with Crippen LogP contribution in [0.2, 0.25) is 0 Å². The van der Waals surface area contributed by atoms with E-state index >= 15 is 0 Å². The van der Waals surface area contributed by atoms with Crippen molar-refractivity contribution in [2.75, 3.05) is 13.7 Å². The lowest BCUT2D eigenvalue weighted by Gasteiger charge is -2.11. The molecule has 3 rings (SSSR count). The Morgan fingerprint density at radius 1 is 1.17 bits per heavy atom. The molecule has 0 aliphatic rings. The SMILES string of the molecule is COc1ccccc1-n1nc(Cc2ccccc2)n(CC(=O)N[C@H](C)CO)c1=O. The molecule has 0 bridgehead atoms. The number of nitrogens with zero attached hydrogens (tertiary/aromatic N) is 3. The van der Waals surface area contributed by atoms with Gasteiger partial charge in [0.15, 0.2) is 0 Å². The summed E-state index contributed by atoms with van der Waals surface area (Å²) in [6.45, 7) is 1.31. The summed E-state index contributed by atoms with van der Waals surface area (Å²) in [5.41, 5.74) is 1.03. The predicted molar refractivity (Wildman–Crippen MR) is 108 cm³/mol. The van der Waals surface area contributed by atoms with E-state index in [1.807, 2.05) is 30.3 Å². The molecule has 0 unspecified atom stereocenters. The molecule has 1 atom stereocenters. The monoisotopic (exact) mass is 396 g/mol. The van der Waals surface area contributed by atoms with Crippen LogP contribution in [0.15, 0.2) is 59.4 Å². The molecule has 1 heterocycles. The van der Waals surface area contributed by atoms with Gasteiger partial charge in [-0.3, -0.25) is 9.36 Å². The maximum atomic E-state index is 13.1. The second-order valence-electron chi connectivity index (χ2n) is 6.68. The van der Waals surface area contributed by atoms with E-state index in [9.17, 15) is 9.59 Å². The van der Waals surface area contributed by atoms with Crippen molar-refractivity contribution in [1.29, 1.82) is 0 Å². The number of nitrogens with one attached hydrogen (secondary N) is 1. The number of amides is 1. The Morgan fingerprint density at radius 2 is 1.86 bits per heavy atom. The van der Waals surface area contributed by atoms with Crippen molar-refractivity contribution in [3.8, 4) is 11.4 Å². The molecule has 8 heteroatoms. The van der Waals surface area contributed by atoms with Crippen LogP contribution in [0.3, 0.4) is 0 Å². The van der Waals surface area contributed by atoms with Gasteiger partial charge in [-0.05, 0) is 24.6 Å². The van der Waals surface area contributed by atoms with Gasteiger partial charge < -0.3 is 15.2 Å². The lowest BCUT2D eigenvalue weighted by atomic mass is 10.1. The molecule has 8 nitrogen and oxygen atoms in total. The molecule has 0 aliphatic heterocycles. The van der Waals surface area contributed by atoms with Crippen LogP contribution in [-0.4, -0.2) is 45.1 Å². The molecule has 2 N–H and O–H groups in total. The number of benzene rings is 2. The predicted octanol–water partition coefficient (Wildman–Crippen LogP) is 1.13. The molecule has 2 aromatic carbocycles. The maximum Gasteiger partial charge on any atom is 0.351 e. The summed E-state index contributed by atoms with van der Waals surface area (Å²) in [4.78, 5) is 25.5. The fraction of sp³-hybridized carbons (Fsp3) is 0.286. The molecule has 3 aromatic rings. The van der Waals surface area contributed by atoms with Gasteiger partial charge in [-0.15, -0.1) is 5.10 Å². The van der Waals surface area contributed by atoms with Gasteiger partial charge in [0.05, 0.1) is 13.7 Å². The van der Waals surface area contributed by atoms with Gasteiger partial charge in [0.2, 0.25) is 5.91 Å². The van der Waals surface area contributed by atoms with Crippen molar-refractivity contribution in [3.05, 3.63) is 76.5 Å². The summed E-state index contributed by atoms with van der Waals surface area (Å²) < 4.78 is 7.95. The van der Waals surface area contributed by atoms with Crippen LogP contribution in [0.25, 0.3) is 5.69 Å². The number of methoxy groups -OCH3 is 1. The highest BCUT2D eigenvalue weighted by molar-refractivity contribution is 5.76. The molecule has 0 radical (unpaired) electrons. The van der Waals surface area contributed by atoms with Crippen LogP contribution in [0.5, 0.6) is 5.75 Å². The van der Waals surface area contributed by atoms with E-state index in [1.54, 1.807) is 31.2 Å². The number of aliphatic hydroxyl groups excluding tert-OH is 1. The zero-order chi connectivity index (χ0) is 20.8. The second kappa shape index (κ2) is 9.20. The van der Waals surface area contributed by atoms with Gasteiger partial charge in [-0.25, -0.2) is 4.79 Å². The van der Waals surface area contributed by atoms with E-state index in [0.29, 0.717) is 23.7 Å². The van der Waals surface area contributed by atoms with E-state index in [2.05, 4.69) is 10.4 Å². The third-order valence-corrected chi connectivity index (χ3v) is 4.44. The van der Waals surface area contributed by atoms with Crippen LogP contribution in [-0.2, 0) is 17.8 Å². The largest absolute Gasteiger partial charge is 0.494 e. The van der Waals surface area contributed by atoms with Crippen LogP contribution < -0.4 is 15.7 Å². The fourth-order valence-electron chi connectivity index (χ4n) is 2.98. The standard InChI is InChI=1S/C21H24N4O4/c1-15(14-26)22-20(27)13-24-19(12-16-8-4-3-5-9-16)23-25(21(24)28)17-10-6-7-11-18(17)29-2/h3-11,15,26H,12-14H2,1-2H3,(H,22,27)/t15-/m1/s1. The van der Waals surface area contributed by atoms with Crippen molar-refractivity contribution in [1.82, 2.24) is 19.7 Å². The Balaban J connectivity index is 2.03. The normalized spacial score (nSPS) is 11.8. The van der Waals surface area contributed by atoms with Crippen molar-refractivity contribution in [3.63, 3.8) is 0 Å². The third-order valence-electron chi connectivity index (χ3n) is 4.44. The van der Waals surface area contributed by atoms with Crippen LogP contribution in [0, 0.1) is 0 Å². The molecule has 0 fully saturated rings. The van der Waals surface area contributed by atoms with Gasteiger partial charge in [0.1, 0.15) is 23.8 Å². The number of aromatic nitrogens is 3. The molecule has 152 valence electrons. The molecule has 1 aromatic heterocycles. The Kier molecular flexibility index (Phi) is 6.46. The number of para-hydroxylation sites is 2. The summed E-state index contributed by atoms with van der Waals surface area (Å²) >= 11 is 0. The maximum absolute atomic E-state index is 13.1. The zero-order valence-electron chi connectivity index (χ0n) is 16.4. The van der Waals surface area contributed by atoms with Crippen LogP contribution >= 0.6 is 0 Å². The average Bonchev–Trinajstić information content (AvgIpc) is 3.03. The van der Waals surface area contributed by atoms with Crippen LogP contribution in [0.4, 0.5) is 0 Å². The first-order chi connectivity index (χ1) is 14.0. The molecule has 1 amide bonds. The van der Waals surface area contributed by atoms with Gasteiger partial charge in [-0.1, -0.05) is 42.5 Å². The number of carbonyl (C=O) groups is 1. The van der Waals surface area contributed by atoms with Crippen molar-refractivity contribution < 1.29 is 14.6 Å². The van der Waals surface area contributed by atoms with E-state index in [-0.39, 0.29) is 19.1 Å². The van der Waals surface area contributed by atoms with Gasteiger partial charge in [-0.2, -0.15) is 4.68 Å². The van der Waals surface area contributed by atoms with Gasteiger partial charge in [0.25, 0.3) is 0 Å². The van der Waals surface area contributed by atoms with E-state index < -0.39 is 11.7 Å². The molecule has 29 heavy (non-hydrogen) atoms. The lowest BCUT2D eigenvalue weighted by molar-refractivity contribution is -0.122. The number of ether oxygens (including phenoxy) is 1. The second-order valence-corrected chi connectivity index (χ2v) is 6.68. The number of hydrogen-bond donors (Lipinski definition) is 2. The highest BCUT2D eigenvalue weighted by atomic mass is 16.5. The summed E-state index contributed by atoms with van der Waals surface area (Å²) in [7, 11) is 1.52. The quantitative estimate of drug-likeness (QED) is 0.595. The molecule has 0 spiro atoms. The molecule has 0 aliphatic carbocycles. The van der Waals surface area contributed by atoms with Gasteiger partial charge >= 0.3 is 5.69 Å². The van der Waals surface area contributed by atoms with Gasteiger partial charge in [0, 0.05) is 12.5 Å². The fourth-order valence-corrected chi connectivity index (χ4v) is 2.98. The number of hydrogen-bond acceptors (Lipinski definition) is 5. The van der Waals surface area contributed by atoms with E-state index in [1.165, 1.54) is 16.4 Å². The minimum absolute atomic E-state index is 0.183. The highest BCUT2D eigenvalue weighted by Crippen LogP contribution is 2.20. The average molecular weight is 396 g/mol. The number of aliphatic hydroxyl groups is 1. The molecule has 0 saturated heterocycles. The van der Waals surface area contributed by atoms with Crippen molar-refractivity contribution in [2.45, 2.75) is 25.9 Å². The minimum Gasteiger partial charge on any atom is -0.494 e.